The van der Waals surface area contributed by atoms with E-state index in [1.807, 2.05) is 48.5 Å². The van der Waals surface area contributed by atoms with Crippen molar-refractivity contribution in [3.63, 3.8) is 0 Å². The second kappa shape index (κ2) is 11.4. The van der Waals surface area contributed by atoms with Crippen LogP contribution in [-0.2, 0) is 12.1 Å². The van der Waals surface area contributed by atoms with Gasteiger partial charge in [-0.25, -0.2) is 18.4 Å². The zero-order valence-corrected chi connectivity index (χ0v) is 21.3. The molecule has 1 N–H and O–H groups in total. The first-order valence-corrected chi connectivity index (χ1v) is 12.6. The number of anilines is 1. The standard InChI is InChI=1S/C28H27ClF2N6O/c29-22-3-1-21(2-4-22)16-33-24-6-8-25(9-7-24)36-13-11-35(12-14-36)17-28(38,18-37-20-32-19-34-37)26-10-5-23(30)15-27(26)31/h1-10,15-16,19-20,38H,11-14,17-18H2. The Morgan fingerprint density at radius 1 is 0.947 bits per heavy atom. The van der Waals surface area contributed by atoms with E-state index in [0.717, 1.165) is 42.2 Å². The number of aliphatic imine (C=N–C) groups is 1. The minimum absolute atomic E-state index is 0.00618. The van der Waals surface area contributed by atoms with Crippen molar-refractivity contribution in [1.29, 1.82) is 0 Å². The zero-order chi connectivity index (χ0) is 26.5. The Bertz CT molecular complexity index is 1370. The van der Waals surface area contributed by atoms with Gasteiger partial charge in [0.1, 0.15) is 29.9 Å². The largest absolute Gasteiger partial charge is 0.382 e. The van der Waals surface area contributed by atoms with Gasteiger partial charge in [0, 0.05) is 61.3 Å². The maximum absolute atomic E-state index is 14.7. The maximum atomic E-state index is 14.7. The lowest BCUT2D eigenvalue weighted by molar-refractivity contribution is -0.0227. The molecule has 1 unspecified atom stereocenters. The minimum atomic E-state index is -1.61. The first-order chi connectivity index (χ1) is 18.4. The number of hydrogen-bond acceptors (Lipinski definition) is 6. The van der Waals surface area contributed by atoms with E-state index in [2.05, 4.69) is 24.9 Å². The third kappa shape index (κ3) is 6.24. The molecule has 0 spiro atoms. The Labute approximate surface area is 224 Å². The highest BCUT2D eigenvalue weighted by Gasteiger charge is 2.36. The van der Waals surface area contributed by atoms with Crippen molar-refractivity contribution in [2.75, 3.05) is 37.6 Å². The lowest BCUT2D eigenvalue weighted by Gasteiger charge is -2.40. The van der Waals surface area contributed by atoms with E-state index < -0.39 is 17.2 Å². The molecular formula is C28H27ClF2N6O. The number of rotatable bonds is 8. The number of halogens is 3. The Kier molecular flexibility index (Phi) is 7.78. The van der Waals surface area contributed by atoms with Crippen molar-refractivity contribution in [3.8, 4) is 0 Å². The van der Waals surface area contributed by atoms with E-state index in [1.54, 1.807) is 6.21 Å². The van der Waals surface area contributed by atoms with Crippen LogP contribution in [0.15, 0.2) is 84.4 Å². The minimum Gasteiger partial charge on any atom is -0.382 e. The quantitative estimate of drug-likeness (QED) is 0.331. The van der Waals surface area contributed by atoms with Gasteiger partial charge in [0.25, 0.3) is 0 Å². The second-order valence-corrected chi connectivity index (χ2v) is 9.77. The summed E-state index contributed by atoms with van der Waals surface area (Å²) in [6.45, 7) is 2.96. The van der Waals surface area contributed by atoms with E-state index in [1.165, 1.54) is 23.4 Å². The van der Waals surface area contributed by atoms with Crippen molar-refractivity contribution in [2.45, 2.75) is 12.1 Å². The van der Waals surface area contributed by atoms with Crippen LogP contribution in [-0.4, -0.2) is 63.7 Å². The number of benzene rings is 3. The predicted octanol–water partition coefficient (Wildman–Crippen LogP) is 4.67. The van der Waals surface area contributed by atoms with Crippen molar-refractivity contribution >= 4 is 29.2 Å². The van der Waals surface area contributed by atoms with Crippen LogP contribution in [0.25, 0.3) is 0 Å². The first kappa shape index (κ1) is 26.0. The number of hydrogen-bond donors (Lipinski definition) is 1. The average Bonchev–Trinajstić information content (AvgIpc) is 3.42. The summed E-state index contributed by atoms with van der Waals surface area (Å²) >= 11 is 5.93. The maximum Gasteiger partial charge on any atom is 0.137 e. The van der Waals surface area contributed by atoms with Crippen LogP contribution in [0.5, 0.6) is 0 Å². The summed E-state index contributed by atoms with van der Waals surface area (Å²) in [7, 11) is 0. The predicted molar refractivity (Wildman–Crippen MR) is 144 cm³/mol. The molecule has 10 heteroatoms. The summed E-state index contributed by atoms with van der Waals surface area (Å²) in [5, 5.41) is 16.4. The molecule has 1 fully saturated rings. The number of aliphatic hydroxyl groups is 1. The summed E-state index contributed by atoms with van der Waals surface area (Å²) in [4.78, 5) is 12.8. The smallest absolute Gasteiger partial charge is 0.137 e. The van der Waals surface area contributed by atoms with E-state index in [4.69, 9.17) is 11.6 Å². The van der Waals surface area contributed by atoms with Gasteiger partial charge >= 0.3 is 0 Å². The zero-order valence-electron chi connectivity index (χ0n) is 20.6. The van der Waals surface area contributed by atoms with Crippen molar-refractivity contribution in [1.82, 2.24) is 19.7 Å². The average molecular weight is 537 g/mol. The third-order valence-corrected chi connectivity index (χ3v) is 6.88. The fourth-order valence-corrected chi connectivity index (χ4v) is 4.78. The van der Waals surface area contributed by atoms with Crippen LogP contribution in [0.1, 0.15) is 11.1 Å². The molecule has 0 amide bonds. The highest BCUT2D eigenvalue weighted by Crippen LogP contribution is 2.29. The van der Waals surface area contributed by atoms with E-state index >= 15 is 0 Å². The van der Waals surface area contributed by atoms with Gasteiger partial charge in [-0.05, 0) is 48.0 Å². The summed E-state index contributed by atoms with van der Waals surface area (Å²) in [5.41, 5.74) is 1.32. The summed E-state index contributed by atoms with van der Waals surface area (Å²) in [5.74, 6) is -1.48. The molecule has 0 bridgehead atoms. The lowest BCUT2D eigenvalue weighted by atomic mass is 9.92. The molecule has 38 heavy (non-hydrogen) atoms. The van der Waals surface area contributed by atoms with Gasteiger partial charge in [-0.2, -0.15) is 5.10 Å². The van der Waals surface area contributed by atoms with Crippen LogP contribution in [0.3, 0.4) is 0 Å². The molecule has 196 valence electrons. The van der Waals surface area contributed by atoms with Crippen LogP contribution >= 0.6 is 11.6 Å². The molecule has 5 rings (SSSR count). The molecule has 1 aliphatic heterocycles. The fraction of sp³-hybridized carbons (Fsp3) is 0.250. The molecule has 1 atom stereocenters. The Morgan fingerprint density at radius 2 is 1.68 bits per heavy atom. The van der Waals surface area contributed by atoms with Gasteiger partial charge in [0.05, 0.1) is 12.2 Å². The molecule has 3 aromatic carbocycles. The number of piperazine rings is 1. The third-order valence-electron chi connectivity index (χ3n) is 6.63. The highest BCUT2D eigenvalue weighted by atomic mass is 35.5. The number of nitrogens with zero attached hydrogens (tertiary/aromatic N) is 6. The van der Waals surface area contributed by atoms with Crippen molar-refractivity contribution < 1.29 is 13.9 Å². The van der Waals surface area contributed by atoms with E-state index in [-0.39, 0.29) is 18.7 Å². The molecule has 7 nitrogen and oxygen atoms in total. The molecule has 1 aromatic heterocycles. The molecule has 1 saturated heterocycles. The van der Waals surface area contributed by atoms with Crippen LogP contribution in [0, 0.1) is 11.6 Å². The van der Waals surface area contributed by atoms with Crippen molar-refractivity contribution in [2.24, 2.45) is 4.99 Å². The number of β-amino-alcohol motifs (C(OH)–C–C–N with tert-alkyl or cyclic N) is 1. The molecule has 0 saturated carbocycles. The second-order valence-electron chi connectivity index (χ2n) is 9.34. The van der Waals surface area contributed by atoms with Crippen LogP contribution in [0.2, 0.25) is 5.02 Å². The molecule has 0 aliphatic carbocycles. The molecule has 4 aromatic rings. The van der Waals surface area contributed by atoms with Gasteiger partial charge in [-0.15, -0.1) is 0 Å². The first-order valence-electron chi connectivity index (χ1n) is 12.3. The molecule has 0 radical (unpaired) electrons. The Morgan fingerprint density at radius 3 is 2.34 bits per heavy atom. The monoisotopic (exact) mass is 536 g/mol. The summed E-state index contributed by atoms with van der Waals surface area (Å²) in [6.07, 6.45) is 4.62. The highest BCUT2D eigenvalue weighted by molar-refractivity contribution is 6.30. The molecule has 1 aliphatic rings. The number of aromatic nitrogens is 3. The van der Waals surface area contributed by atoms with Gasteiger partial charge in [-0.3, -0.25) is 9.89 Å². The van der Waals surface area contributed by atoms with E-state index in [9.17, 15) is 13.9 Å². The topological polar surface area (TPSA) is 69.8 Å². The van der Waals surface area contributed by atoms with Gasteiger partial charge in [0.2, 0.25) is 0 Å². The van der Waals surface area contributed by atoms with Crippen molar-refractivity contribution in [3.05, 3.63) is 107 Å². The molecule has 2 heterocycles. The van der Waals surface area contributed by atoms with Gasteiger partial charge < -0.3 is 10.0 Å². The summed E-state index contributed by atoms with van der Waals surface area (Å²) < 4.78 is 29.7. The summed E-state index contributed by atoms with van der Waals surface area (Å²) in [6, 6.07) is 18.8. The van der Waals surface area contributed by atoms with Crippen LogP contribution in [0.4, 0.5) is 20.2 Å². The van der Waals surface area contributed by atoms with E-state index in [0.29, 0.717) is 18.1 Å². The normalized spacial score (nSPS) is 16.2. The Balaban J connectivity index is 1.22. The van der Waals surface area contributed by atoms with Gasteiger partial charge in [-0.1, -0.05) is 29.8 Å². The SMILES string of the molecule is OC(CN1CCN(c2ccc(N=Cc3ccc(Cl)cc3)cc2)CC1)(Cn1cncn1)c1ccc(F)cc1F. The lowest BCUT2D eigenvalue weighted by Crippen LogP contribution is -2.52. The van der Waals surface area contributed by atoms with Gasteiger partial charge in [0.15, 0.2) is 0 Å². The molecular weight excluding hydrogens is 510 g/mol. The Hall–Kier alpha value is -3.66. The van der Waals surface area contributed by atoms with Crippen LogP contribution < -0.4 is 4.90 Å². The fourth-order valence-electron chi connectivity index (χ4n) is 4.65.